The van der Waals surface area contributed by atoms with E-state index in [2.05, 4.69) is 11.8 Å². The fourth-order valence-electron chi connectivity index (χ4n) is 3.07. The lowest BCUT2D eigenvalue weighted by Crippen LogP contribution is -2.60. The number of amides is 1. The topological polar surface area (TPSA) is 49.6 Å². The Morgan fingerprint density at radius 1 is 1.47 bits per heavy atom. The van der Waals surface area contributed by atoms with Gasteiger partial charge in [0.05, 0.1) is 5.54 Å². The Hall–Kier alpha value is -0.610. The molecule has 0 spiro atoms. The van der Waals surface area contributed by atoms with Crippen LogP contribution in [0.5, 0.6) is 0 Å². The molecule has 1 saturated heterocycles. The first-order valence-corrected chi connectivity index (χ1v) is 6.85. The highest BCUT2D eigenvalue weighted by Gasteiger charge is 2.42. The van der Waals surface area contributed by atoms with Crippen molar-refractivity contribution in [1.29, 1.82) is 0 Å². The third kappa shape index (κ3) is 2.47. The number of likely N-dealkylation sites (tertiary alicyclic amines) is 1. The summed E-state index contributed by atoms with van der Waals surface area (Å²) in [6, 6.07) is 0.539. The second kappa shape index (κ2) is 4.94. The average molecular weight is 239 g/mol. The number of nitrogens with zero attached hydrogens (tertiary/aromatic N) is 2. The number of likely N-dealkylation sites (N-methyl/N-ethyl adjacent to an activating group) is 2. The van der Waals surface area contributed by atoms with Gasteiger partial charge in [0, 0.05) is 19.6 Å². The zero-order valence-electron chi connectivity index (χ0n) is 11.1. The van der Waals surface area contributed by atoms with Crippen molar-refractivity contribution in [1.82, 2.24) is 9.80 Å². The molecule has 1 heterocycles. The smallest absolute Gasteiger partial charge is 0.242 e. The minimum absolute atomic E-state index is 0.145. The van der Waals surface area contributed by atoms with E-state index in [1.165, 1.54) is 19.4 Å². The SMILES string of the molecule is CCN1CCCC1CN(C)C(=O)C1(N)CCC1. The molecule has 1 atom stereocenters. The summed E-state index contributed by atoms with van der Waals surface area (Å²) in [5, 5.41) is 0. The molecule has 0 aromatic heterocycles. The lowest BCUT2D eigenvalue weighted by molar-refractivity contribution is -0.139. The molecule has 2 rings (SSSR count). The Labute approximate surface area is 104 Å². The summed E-state index contributed by atoms with van der Waals surface area (Å²) in [6.07, 6.45) is 5.29. The highest BCUT2D eigenvalue weighted by molar-refractivity contribution is 5.86. The largest absolute Gasteiger partial charge is 0.343 e. The molecule has 0 aromatic carbocycles. The fourth-order valence-corrected chi connectivity index (χ4v) is 3.07. The molecule has 2 N–H and O–H groups in total. The quantitative estimate of drug-likeness (QED) is 0.790. The van der Waals surface area contributed by atoms with Crippen molar-refractivity contribution < 1.29 is 4.79 Å². The van der Waals surface area contributed by atoms with Crippen LogP contribution in [-0.4, -0.2) is 54.0 Å². The van der Waals surface area contributed by atoms with E-state index >= 15 is 0 Å². The van der Waals surface area contributed by atoms with E-state index < -0.39 is 5.54 Å². The molecule has 2 fully saturated rings. The molecule has 4 heteroatoms. The van der Waals surface area contributed by atoms with Crippen molar-refractivity contribution in [2.45, 2.75) is 50.6 Å². The lowest BCUT2D eigenvalue weighted by Gasteiger charge is -2.40. The van der Waals surface area contributed by atoms with Crippen molar-refractivity contribution in [2.75, 3.05) is 26.7 Å². The van der Waals surface area contributed by atoms with E-state index in [1.807, 2.05) is 11.9 Å². The van der Waals surface area contributed by atoms with Crippen LogP contribution in [0.4, 0.5) is 0 Å². The van der Waals surface area contributed by atoms with Crippen LogP contribution >= 0.6 is 0 Å². The van der Waals surface area contributed by atoms with Crippen molar-refractivity contribution in [2.24, 2.45) is 5.73 Å². The van der Waals surface area contributed by atoms with Crippen LogP contribution in [0.15, 0.2) is 0 Å². The maximum Gasteiger partial charge on any atom is 0.242 e. The zero-order valence-corrected chi connectivity index (χ0v) is 11.1. The minimum Gasteiger partial charge on any atom is -0.343 e. The van der Waals surface area contributed by atoms with E-state index in [9.17, 15) is 4.79 Å². The molecule has 0 aromatic rings. The molecule has 1 saturated carbocycles. The number of nitrogens with two attached hydrogens (primary N) is 1. The molecule has 1 aliphatic carbocycles. The van der Waals surface area contributed by atoms with E-state index in [0.717, 1.165) is 32.4 Å². The van der Waals surface area contributed by atoms with E-state index in [0.29, 0.717) is 6.04 Å². The van der Waals surface area contributed by atoms with E-state index in [1.54, 1.807) is 0 Å². The molecule has 98 valence electrons. The van der Waals surface area contributed by atoms with Crippen LogP contribution in [0.2, 0.25) is 0 Å². The summed E-state index contributed by atoms with van der Waals surface area (Å²) < 4.78 is 0. The predicted molar refractivity (Wildman–Crippen MR) is 68.7 cm³/mol. The van der Waals surface area contributed by atoms with Crippen LogP contribution in [0.3, 0.4) is 0 Å². The summed E-state index contributed by atoms with van der Waals surface area (Å²) in [5.74, 6) is 0.145. The first-order valence-electron chi connectivity index (χ1n) is 6.85. The maximum atomic E-state index is 12.2. The van der Waals surface area contributed by atoms with Crippen LogP contribution < -0.4 is 5.73 Å². The lowest BCUT2D eigenvalue weighted by atomic mass is 9.76. The molecule has 0 radical (unpaired) electrons. The average Bonchev–Trinajstić information content (AvgIpc) is 2.72. The Morgan fingerprint density at radius 2 is 2.18 bits per heavy atom. The summed E-state index contributed by atoms with van der Waals surface area (Å²) >= 11 is 0. The Bertz CT molecular complexity index is 288. The Balaban J connectivity index is 1.88. The minimum atomic E-state index is -0.537. The molecule has 4 nitrogen and oxygen atoms in total. The monoisotopic (exact) mass is 239 g/mol. The molecule has 17 heavy (non-hydrogen) atoms. The van der Waals surface area contributed by atoms with Gasteiger partial charge < -0.3 is 10.6 Å². The van der Waals surface area contributed by atoms with E-state index in [-0.39, 0.29) is 5.91 Å². The number of hydrogen-bond donors (Lipinski definition) is 1. The van der Waals surface area contributed by atoms with Crippen LogP contribution in [-0.2, 0) is 4.79 Å². The first kappa shape index (κ1) is 12.8. The van der Waals surface area contributed by atoms with Gasteiger partial charge >= 0.3 is 0 Å². The second-order valence-electron chi connectivity index (χ2n) is 5.62. The van der Waals surface area contributed by atoms with Gasteiger partial charge in [0.2, 0.25) is 5.91 Å². The van der Waals surface area contributed by atoms with Gasteiger partial charge in [-0.2, -0.15) is 0 Å². The van der Waals surface area contributed by atoms with Gasteiger partial charge in [0.25, 0.3) is 0 Å². The summed E-state index contributed by atoms with van der Waals surface area (Å²) in [6.45, 7) is 5.29. The van der Waals surface area contributed by atoms with Gasteiger partial charge in [-0.3, -0.25) is 9.69 Å². The van der Waals surface area contributed by atoms with Crippen molar-refractivity contribution in [3.05, 3.63) is 0 Å². The number of hydrogen-bond acceptors (Lipinski definition) is 3. The molecule has 2 aliphatic rings. The molecule has 1 unspecified atom stereocenters. The Kier molecular flexibility index (Phi) is 3.73. The number of carbonyl (C=O) groups excluding carboxylic acids is 1. The van der Waals surface area contributed by atoms with Crippen LogP contribution in [0.25, 0.3) is 0 Å². The highest BCUT2D eigenvalue weighted by Crippen LogP contribution is 2.31. The van der Waals surface area contributed by atoms with Gasteiger partial charge in [-0.05, 0) is 45.2 Å². The number of carbonyl (C=O) groups is 1. The van der Waals surface area contributed by atoms with Gasteiger partial charge in [-0.25, -0.2) is 0 Å². The second-order valence-corrected chi connectivity index (χ2v) is 5.62. The standard InChI is InChI=1S/C13H25N3O/c1-3-16-9-4-6-11(16)10-15(2)12(17)13(14)7-5-8-13/h11H,3-10,14H2,1-2H3. The van der Waals surface area contributed by atoms with Crippen LogP contribution in [0, 0.1) is 0 Å². The highest BCUT2D eigenvalue weighted by atomic mass is 16.2. The van der Waals surface area contributed by atoms with Gasteiger partial charge in [-0.15, -0.1) is 0 Å². The first-order chi connectivity index (χ1) is 8.07. The molecule has 1 aliphatic heterocycles. The zero-order chi connectivity index (χ0) is 12.5. The maximum absolute atomic E-state index is 12.2. The van der Waals surface area contributed by atoms with E-state index in [4.69, 9.17) is 5.73 Å². The summed E-state index contributed by atoms with van der Waals surface area (Å²) in [7, 11) is 1.90. The summed E-state index contributed by atoms with van der Waals surface area (Å²) in [5.41, 5.74) is 5.55. The van der Waals surface area contributed by atoms with Crippen LogP contribution in [0.1, 0.15) is 39.0 Å². The molecule has 0 bridgehead atoms. The van der Waals surface area contributed by atoms with Gasteiger partial charge in [-0.1, -0.05) is 6.92 Å². The molecular formula is C13H25N3O. The van der Waals surface area contributed by atoms with Crippen molar-refractivity contribution in [3.63, 3.8) is 0 Å². The van der Waals surface area contributed by atoms with Crippen molar-refractivity contribution >= 4 is 5.91 Å². The predicted octanol–water partition coefficient (Wildman–Crippen LogP) is 0.811. The molecule has 1 amide bonds. The normalized spacial score (nSPS) is 27.8. The third-order valence-electron chi connectivity index (χ3n) is 4.41. The number of rotatable bonds is 4. The Morgan fingerprint density at radius 3 is 2.71 bits per heavy atom. The van der Waals surface area contributed by atoms with Gasteiger partial charge in [0.15, 0.2) is 0 Å². The fraction of sp³-hybridized carbons (Fsp3) is 0.923. The third-order valence-corrected chi connectivity index (χ3v) is 4.41. The van der Waals surface area contributed by atoms with Gasteiger partial charge in [0.1, 0.15) is 0 Å². The van der Waals surface area contributed by atoms with Crippen molar-refractivity contribution in [3.8, 4) is 0 Å². The molecular weight excluding hydrogens is 214 g/mol. The summed E-state index contributed by atoms with van der Waals surface area (Å²) in [4.78, 5) is 16.5.